The zero-order valence-electron chi connectivity index (χ0n) is 11.3. The first kappa shape index (κ1) is 15.9. The minimum absolute atomic E-state index is 0.0984. The predicted molar refractivity (Wildman–Crippen MR) is 77.9 cm³/mol. The summed E-state index contributed by atoms with van der Waals surface area (Å²) in [4.78, 5) is 33.9. The van der Waals surface area contributed by atoms with Gasteiger partial charge in [-0.15, -0.1) is 5.10 Å². The summed E-state index contributed by atoms with van der Waals surface area (Å²) in [6.07, 6.45) is 2.95. The fraction of sp³-hybridized carbons (Fsp3) is 0.250. The van der Waals surface area contributed by atoms with Crippen molar-refractivity contribution in [3.05, 3.63) is 45.0 Å². The van der Waals surface area contributed by atoms with Gasteiger partial charge >= 0.3 is 5.97 Å². The summed E-state index contributed by atoms with van der Waals surface area (Å²) >= 11 is 3.22. The van der Waals surface area contributed by atoms with Crippen molar-refractivity contribution in [2.24, 2.45) is 0 Å². The van der Waals surface area contributed by atoms with Crippen LogP contribution in [0, 0.1) is 0 Å². The van der Waals surface area contributed by atoms with Crippen molar-refractivity contribution in [3.8, 4) is 0 Å². The number of carboxylic acid groups (broad SMARTS) is 1. The number of halogens is 1. The first-order valence-electron chi connectivity index (χ1n) is 6.17. The van der Waals surface area contributed by atoms with Crippen molar-refractivity contribution in [2.75, 3.05) is 0 Å². The number of nitrogens with one attached hydrogen (secondary N) is 1. The molecule has 2 aromatic heterocycles. The number of aliphatic carboxylic acids is 1. The largest absolute Gasteiger partial charge is 0.480 e. The van der Waals surface area contributed by atoms with E-state index >= 15 is 0 Å². The third-order valence-electron chi connectivity index (χ3n) is 2.61. The Labute approximate surface area is 132 Å². The molecule has 0 bridgehead atoms. The number of hydrogen-bond acceptors (Lipinski definition) is 5. The van der Waals surface area contributed by atoms with Gasteiger partial charge in [0.2, 0.25) is 5.91 Å². The third kappa shape index (κ3) is 4.52. The highest BCUT2D eigenvalue weighted by Crippen LogP contribution is 2.04. The van der Waals surface area contributed by atoms with Gasteiger partial charge in [0, 0.05) is 16.7 Å². The zero-order valence-corrected chi connectivity index (χ0v) is 12.9. The second-order valence-corrected chi connectivity index (χ2v) is 5.31. The zero-order chi connectivity index (χ0) is 16.1. The molecule has 0 aliphatic heterocycles. The van der Waals surface area contributed by atoms with Crippen molar-refractivity contribution in [1.82, 2.24) is 24.9 Å². The van der Waals surface area contributed by atoms with Gasteiger partial charge in [-0.1, -0.05) is 5.21 Å². The van der Waals surface area contributed by atoms with E-state index in [-0.39, 0.29) is 31.1 Å². The lowest BCUT2D eigenvalue weighted by Crippen LogP contribution is -2.31. The monoisotopic (exact) mass is 369 g/mol. The molecule has 0 saturated carbocycles. The molecule has 22 heavy (non-hydrogen) atoms. The number of carbonyl (C=O) groups excluding carboxylic acids is 1. The summed E-state index contributed by atoms with van der Waals surface area (Å²) in [5.41, 5.74) is 0.141. The minimum Gasteiger partial charge on any atom is -0.480 e. The van der Waals surface area contributed by atoms with Crippen LogP contribution in [0.3, 0.4) is 0 Å². The van der Waals surface area contributed by atoms with Crippen LogP contribution in [-0.2, 0) is 29.2 Å². The minimum atomic E-state index is -1.03. The number of aromatic nitrogens is 4. The van der Waals surface area contributed by atoms with Crippen LogP contribution in [0.1, 0.15) is 5.69 Å². The van der Waals surface area contributed by atoms with E-state index in [0.29, 0.717) is 10.2 Å². The quantitative estimate of drug-likeness (QED) is 0.715. The lowest BCUT2D eigenvalue weighted by Gasteiger charge is -2.06. The SMILES string of the molecule is O=C(O)Cn1cc(CNC(=O)Cn2cc(Br)ccc2=O)nn1. The molecule has 1 amide bonds. The molecular weight excluding hydrogens is 358 g/mol. The van der Waals surface area contributed by atoms with Crippen molar-refractivity contribution in [3.63, 3.8) is 0 Å². The van der Waals surface area contributed by atoms with Crippen molar-refractivity contribution in [1.29, 1.82) is 0 Å². The molecule has 2 heterocycles. The first-order chi connectivity index (χ1) is 10.4. The Morgan fingerprint density at radius 1 is 1.27 bits per heavy atom. The van der Waals surface area contributed by atoms with E-state index in [4.69, 9.17) is 5.11 Å². The molecule has 0 aliphatic rings. The molecule has 0 spiro atoms. The predicted octanol–water partition coefficient (Wildman–Crippen LogP) is -0.397. The highest BCUT2D eigenvalue weighted by atomic mass is 79.9. The maximum Gasteiger partial charge on any atom is 0.325 e. The van der Waals surface area contributed by atoms with Gasteiger partial charge in [0.1, 0.15) is 18.8 Å². The highest BCUT2D eigenvalue weighted by molar-refractivity contribution is 9.10. The van der Waals surface area contributed by atoms with Gasteiger partial charge in [-0.05, 0) is 22.0 Å². The summed E-state index contributed by atoms with van der Waals surface area (Å²) in [7, 11) is 0. The molecule has 0 saturated heterocycles. The number of carbonyl (C=O) groups is 2. The Hall–Kier alpha value is -2.49. The van der Waals surface area contributed by atoms with E-state index in [2.05, 4.69) is 31.6 Å². The van der Waals surface area contributed by atoms with Crippen LogP contribution in [-0.4, -0.2) is 36.5 Å². The second kappa shape index (κ2) is 6.98. The molecule has 0 fully saturated rings. The Kier molecular flexibility index (Phi) is 5.04. The Bertz CT molecular complexity index is 754. The summed E-state index contributed by atoms with van der Waals surface area (Å²) in [6.45, 7) is -0.322. The van der Waals surface area contributed by atoms with Crippen LogP contribution in [0.2, 0.25) is 0 Å². The summed E-state index contributed by atoms with van der Waals surface area (Å²) in [5, 5.41) is 18.6. The van der Waals surface area contributed by atoms with E-state index in [1.807, 2.05) is 0 Å². The Balaban J connectivity index is 1.90. The standard InChI is InChI=1S/C12H12BrN5O4/c13-8-1-2-11(20)17(4-8)6-10(19)14-3-9-5-18(16-15-9)7-12(21)22/h1-2,4-5H,3,6-7H2,(H,14,19)(H,21,22). The summed E-state index contributed by atoms with van der Waals surface area (Å²) in [6, 6.07) is 2.95. The van der Waals surface area contributed by atoms with Crippen molar-refractivity contribution in [2.45, 2.75) is 19.6 Å². The van der Waals surface area contributed by atoms with Gasteiger partial charge in [-0.3, -0.25) is 14.4 Å². The second-order valence-electron chi connectivity index (χ2n) is 4.39. The van der Waals surface area contributed by atoms with E-state index < -0.39 is 5.97 Å². The molecular formula is C12H12BrN5O4. The normalized spacial score (nSPS) is 10.4. The fourth-order valence-corrected chi connectivity index (χ4v) is 2.04. The number of amides is 1. The fourth-order valence-electron chi connectivity index (χ4n) is 1.66. The number of nitrogens with zero attached hydrogens (tertiary/aromatic N) is 4. The lowest BCUT2D eigenvalue weighted by molar-refractivity contribution is -0.138. The van der Waals surface area contributed by atoms with Crippen LogP contribution in [0.15, 0.2) is 33.8 Å². The highest BCUT2D eigenvalue weighted by Gasteiger charge is 2.08. The number of rotatable bonds is 6. The molecule has 9 nitrogen and oxygen atoms in total. The van der Waals surface area contributed by atoms with Gasteiger partial charge in [-0.2, -0.15) is 0 Å². The average Bonchev–Trinajstić information content (AvgIpc) is 2.87. The van der Waals surface area contributed by atoms with Gasteiger partial charge in [0.05, 0.1) is 12.7 Å². The average molecular weight is 370 g/mol. The Morgan fingerprint density at radius 3 is 2.77 bits per heavy atom. The van der Waals surface area contributed by atoms with Gasteiger partial charge in [-0.25, -0.2) is 4.68 Å². The lowest BCUT2D eigenvalue weighted by atomic mass is 10.4. The van der Waals surface area contributed by atoms with E-state index in [1.165, 1.54) is 23.0 Å². The summed E-state index contributed by atoms with van der Waals surface area (Å²) in [5.74, 6) is -1.40. The number of pyridine rings is 1. The van der Waals surface area contributed by atoms with Gasteiger partial charge in [0.25, 0.3) is 5.56 Å². The van der Waals surface area contributed by atoms with E-state index in [1.54, 1.807) is 6.07 Å². The summed E-state index contributed by atoms with van der Waals surface area (Å²) < 4.78 is 3.11. The van der Waals surface area contributed by atoms with Crippen LogP contribution in [0.5, 0.6) is 0 Å². The van der Waals surface area contributed by atoms with Crippen LogP contribution < -0.4 is 10.9 Å². The molecule has 0 aliphatic carbocycles. The first-order valence-corrected chi connectivity index (χ1v) is 6.97. The molecule has 116 valence electrons. The van der Waals surface area contributed by atoms with Crippen molar-refractivity contribution < 1.29 is 14.7 Å². The molecule has 10 heteroatoms. The third-order valence-corrected chi connectivity index (χ3v) is 3.08. The molecule has 2 aromatic rings. The van der Waals surface area contributed by atoms with E-state index in [9.17, 15) is 14.4 Å². The molecule has 0 aromatic carbocycles. The topological polar surface area (TPSA) is 119 Å². The van der Waals surface area contributed by atoms with E-state index in [0.717, 1.165) is 4.68 Å². The molecule has 0 radical (unpaired) electrons. The molecule has 2 rings (SSSR count). The van der Waals surface area contributed by atoms with Crippen LogP contribution >= 0.6 is 15.9 Å². The maximum atomic E-state index is 11.8. The van der Waals surface area contributed by atoms with Crippen molar-refractivity contribution >= 4 is 27.8 Å². The number of carboxylic acids is 1. The number of hydrogen-bond donors (Lipinski definition) is 2. The van der Waals surface area contributed by atoms with Crippen LogP contribution in [0.25, 0.3) is 0 Å². The Morgan fingerprint density at radius 2 is 2.05 bits per heavy atom. The van der Waals surface area contributed by atoms with Crippen LogP contribution in [0.4, 0.5) is 0 Å². The smallest absolute Gasteiger partial charge is 0.325 e. The van der Waals surface area contributed by atoms with Gasteiger partial charge < -0.3 is 15.0 Å². The van der Waals surface area contributed by atoms with Gasteiger partial charge in [0.15, 0.2) is 0 Å². The molecule has 0 atom stereocenters. The molecule has 0 unspecified atom stereocenters. The maximum absolute atomic E-state index is 11.8. The molecule has 2 N–H and O–H groups in total.